The predicted molar refractivity (Wildman–Crippen MR) is 105 cm³/mol. The number of carbonyl (C=O) groups is 1. The minimum atomic E-state index is 0.161. The van der Waals surface area contributed by atoms with Gasteiger partial charge in [0.15, 0.2) is 5.78 Å². The van der Waals surface area contributed by atoms with E-state index in [0.717, 1.165) is 22.6 Å². The van der Waals surface area contributed by atoms with Gasteiger partial charge in [-0.3, -0.25) is 4.79 Å². The van der Waals surface area contributed by atoms with Crippen LogP contribution in [0.15, 0.2) is 30.3 Å². The summed E-state index contributed by atoms with van der Waals surface area (Å²) >= 11 is 0. The van der Waals surface area contributed by atoms with Crippen molar-refractivity contribution in [3.8, 4) is 0 Å². The highest BCUT2D eigenvalue weighted by atomic mass is 16.1. The van der Waals surface area contributed by atoms with Gasteiger partial charge in [-0.2, -0.15) is 0 Å². The minimum absolute atomic E-state index is 0.161. The molecule has 1 N–H and O–H groups in total. The van der Waals surface area contributed by atoms with E-state index >= 15 is 0 Å². The van der Waals surface area contributed by atoms with Gasteiger partial charge < -0.3 is 14.8 Å². The van der Waals surface area contributed by atoms with Gasteiger partial charge in [0.05, 0.1) is 6.54 Å². The van der Waals surface area contributed by atoms with Gasteiger partial charge in [-0.05, 0) is 57.0 Å². The second-order valence-electron chi connectivity index (χ2n) is 7.31. The predicted octanol–water partition coefficient (Wildman–Crippen LogP) is 4.58. The van der Waals surface area contributed by atoms with Gasteiger partial charge in [0.1, 0.15) is 0 Å². The van der Waals surface area contributed by atoms with Crippen LogP contribution in [0.25, 0.3) is 0 Å². The van der Waals surface area contributed by atoms with Crippen molar-refractivity contribution >= 4 is 17.2 Å². The average molecular weight is 339 g/mol. The minimum Gasteiger partial charge on any atom is -0.378 e. The van der Waals surface area contributed by atoms with Gasteiger partial charge in [-0.25, -0.2) is 0 Å². The molecule has 1 aromatic heterocycles. The van der Waals surface area contributed by atoms with Crippen LogP contribution < -0.4 is 10.2 Å². The first-order valence-electron chi connectivity index (χ1n) is 9.20. The fourth-order valence-electron chi connectivity index (χ4n) is 3.94. The molecule has 1 saturated carbocycles. The number of benzene rings is 1. The smallest absolute Gasteiger partial charge is 0.183 e. The Labute approximate surface area is 150 Å². The molecule has 0 spiro atoms. The first-order chi connectivity index (χ1) is 12.0. The highest BCUT2D eigenvalue weighted by Crippen LogP contribution is 2.33. The monoisotopic (exact) mass is 339 g/mol. The van der Waals surface area contributed by atoms with Crippen molar-refractivity contribution in [1.29, 1.82) is 0 Å². The van der Waals surface area contributed by atoms with Crippen molar-refractivity contribution in [2.75, 3.05) is 30.9 Å². The van der Waals surface area contributed by atoms with Gasteiger partial charge in [-0.1, -0.05) is 12.8 Å². The average Bonchev–Trinajstić information content (AvgIpc) is 3.21. The maximum atomic E-state index is 12.7. The van der Waals surface area contributed by atoms with E-state index in [0.29, 0.717) is 12.6 Å². The third kappa shape index (κ3) is 3.73. The van der Waals surface area contributed by atoms with Crippen LogP contribution in [0, 0.1) is 13.8 Å². The molecule has 1 aliphatic carbocycles. The number of aromatic nitrogens is 1. The Morgan fingerprint density at radius 3 is 2.40 bits per heavy atom. The van der Waals surface area contributed by atoms with Crippen molar-refractivity contribution in [3.63, 3.8) is 0 Å². The molecule has 25 heavy (non-hydrogen) atoms. The molecule has 1 heterocycles. The molecule has 4 heteroatoms. The molecule has 0 saturated heterocycles. The van der Waals surface area contributed by atoms with Crippen LogP contribution in [0.4, 0.5) is 11.4 Å². The lowest BCUT2D eigenvalue weighted by atomic mass is 10.1. The number of anilines is 2. The molecule has 0 unspecified atom stereocenters. The number of nitrogens with one attached hydrogen (secondary N) is 1. The van der Waals surface area contributed by atoms with E-state index in [1.807, 2.05) is 26.2 Å². The summed E-state index contributed by atoms with van der Waals surface area (Å²) in [6.07, 6.45) is 5.08. The Hall–Kier alpha value is -2.23. The summed E-state index contributed by atoms with van der Waals surface area (Å²) in [6, 6.07) is 10.8. The van der Waals surface area contributed by atoms with Crippen LogP contribution in [0.1, 0.15) is 53.5 Å². The van der Waals surface area contributed by atoms with E-state index in [-0.39, 0.29) is 5.78 Å². The fourth-order valence-corrected chi connectivity index (χ4v) is 3.94. The Morgan fingerprint density at radius 2 is 1.80 bits per heavy atom. The number of Topliss-reactive ketones (excluding diaryl/α,β-unsaturated/α-hetero) is 1. The number of hydrogen-bond donors (Lipinski definition) is 1. The zero-order valence-electron chi connectivity index (χ0n) is 15.8. The maximum Gasteiger partial charge on any atom is 0.183 e. The molecule has 0 aliphatic heterocycles. The Balaban J connectivity index is 1.68. The fraction of sp³-hybridized carbons (Fsp3) is 0.476. The SMILES string of the molecule is Cc1cc(C(=O)CNc2ccc(N(C)C)cc2)c(C)n1C1CCCC1. The lowest BCUT2D eigenvalue weighted by Gasteiger charge is -2.17. The van der Waals surface area contributed by atoms with Gasteiger partial charge in [0.25, 0.3) is 0 Å². The summed E-state index contributed by atoms with van der Waals surface area (Å²) in [5, 5.41) is 3.26. The zero-order chi connectivity index (χ0) is 18.0. The Morgan fingerprint density at radius 1 is 1.16 bits per heavy atom. The molecule has 1 fully saturated rings. The number of aryl methyl sites for hydroxylation is 1. The van der Waals surface area contributed by atoms with E-state index < -0.39 is 0 Å². The normalized spacial score (nSPS) is 14.7. The van der Waals surface area contributed by atoms with Crippen molar-refractivity contribution < 1.29 is 4.79 Å². The molecular weight excluding hydrogens is 310 g/mol. The summed E-state index contributed by atoms with van der Waals surface area (Å²) in [5.74, 6) is 0.161. The summed E-state index contributed by atoms with van der Waals surface area (Å²) in [4.78, 5) is 14.8. The molecule has 134 valence electrons. The third-order valence-corrected chi connectivity index (χ3v) is 5.31. The van der Waals surface area contributed by atoms with Crippen molar-refractivity contribution in [2.24, 2.45) is 0 Å². The van der Waals surface area contributed by atoms with Crippen molar-refractivity contribution in [2.45, 2.75) is 45.6 Å². The zero-order valence-corrected chi connectivity index (χ0v) is 15.8. The molecule has 0 radical (unpaired) electrons. The molecule has 2 aromatic rings. The van der Waals surface area contributed by atoms with Crippen LogP contribution in [0.5, 0.6) is 0 Å². The van der Waals surface area contributed by atoms with Crippen LogP contribution in [-0.2, 0) is 0 Å². The molecule has 1 aromatic carbocycles. The van der Waals surface area contributed by atoms with E-state index in [4.69, 9.17) is 0 Å². The lowest BCUT2D eigenvalue weighted by Crippen LogP contribution is -2.16. The third-order valence-electron chi connectivity index (χ3n) is 5.31. The highest BCUT2D eigenvalue weighted by Gasteiger charge is 2.23. The molecule has 3 rings (SSSR count). The van der Waals surface area contributed by atoms with Gasteiger partial charge in [0, 0.05) is 48.5 Å². The molecule has 0 atom stereocenters. The second-order valence-corrected chi connectivity index (χ2v) is 7.31. The van der Waals surface area contributed by atoms with Crippen molar-refractivity contribution in [1.82, 2.24) is 4.57 Å². The standard InChI is InChI=1S/C21H29N3O/c1-15-13-20(16(2)24(15)19-7-5-6-8-19)21(25)14-22-17-9-11-18(12-10-17)23(3)4/h9-13,19,22H,5-8,14H2,1-4H3. The maximum absolute atomic E-state index is 12.7. The Bertz CT molecular complexity index is 737. The van der Waals surface area contributed by atoms with Gasteiger partial charge >= 0.3 is 0 Å². The first kappa shape index (κ1) is 17.6. The number of hydrogen-bond acceptors (Lipinski definition) is 3. The number of ketones is 1. The lowest BCUT2D eigenvalue weighted by molar-refractivity contribution is 0.101. The van der Waals surface area contributed by atoms with Gasteiger partial charge in [0.2, 0.25) is 0 Å². The van der Waals surface area contributed by atoms with E-state index in [2.05, 4.69) is 46.8 Å². The van der Waals surface area contributed by atoms with E-state index in [1.165, 1.54) is 31.4 Å². The number of nitrogens with zero attached hydrogens (tertiary/aromatic N) is 2. The molecule has 4 nitrogen and oxygen atoms in total. The van der Waals surface area contributed by atoms with Gasteiger partial charge in [-0.15, -0.1) is 0 Å². The summed E-state index contributed by atoms with van der Waals surface area (Å²) in [7, 11) is 4.04. The van der Waals surface area contributed by atoms with E-state index in [9.17, 15) is 4.79 Å². The number of carbonyl (C=O) groups excluding carboxylic acids is 1. The largest absolute Gasteiger partial charge is 0.378 e. The molecular formula is C21H29N3O. The van der Waals surface area contributed by atoms with Crippen molar-refractivity contribution in [3.05, 3.63) is 47.3 Å². The summed E-state index contributed by atoms with van der Waals surface area (Å²) in [6.45, 7) is 4.54. The molecule has 0 bridgehead atoms. The number of rotatable bonds is 6. The second kappa shape index (κ2) is 7.34. The first-order valence-corrected chi connectivity index (χ1v) is 9.20. The summed E-state index contributed by atoms with van der Waals surface area (Å²) < 4.78 is 2.38. The van der Waals surface area contributed by atoms with Crippen LogP contribution in [0.3, 0.4) is 0 Å². The Kier molecular flexibility index (Phi) is 5.16. The molecule has 0 amide bonds. The van der Waals surface area contributed by atoms with E-state index in [1.54, 1.807) is 0 Å². The molecule has 1 aliphatic rings. The van der Waals surface area contributed by atoms with Crippen LogP contribution >= 0.6 is 0 Å². The topological polar surface area (TPSA) is 37.3 Å². The van der Waals surface area contributed by atoms with Crippen LogP contribution in [0.2, 0.25) is 0 Å². The quantitative estimate of drug-likeness (QED) is 0.783. The highest BCUT2D eigenvalue weighted by molar-refractivity contribution is 6.00. The van der Waals surface area contributed by atoms with Crippen LogP contribution in [-0.4, -0.2) is 31.0 Å². The summed E-state index contributed by atoms with van der Waals surface area (Å²) in [5.41, 5.74) is 5.32.